The fourth-order valence-corrected chi connectivity index (χ4v) is 4.08. The second kappa shape index (κ2) is 6.94. The summed E-state index contributed by atoms with van der Waals surface area (Å²) in [6.07, 6.45) is 0. The van der Waals surface area contributed by atoms with Gasteiger partial charge in [-0.1, -0.05) is 26.0 Å². The highest BCUT2D eigenvalue weighted by molar-refractivity contribution is 7.91. The average molecular weight is 370 g/mol. The van der Waals surface area contributed by atoms with E-state index in [1.807, 2.05) is 6.92 Å². The molecule has 0 radical (unpaired) electrons. The van der Waals surface area contributed by atoms with Gasteiger partial charge in [0.2, 0.25) is 0 Å². The van der Waals surface area contributed by atoms with Crippen molar-refractivity contribution in [2.75, 3.05) is 25.4 Å². The van der Waals surface area contributed by atoms with Crippen LogP contribution in [-0.4, -0.2) is 50.2 Å². The maximum atomic E-state index is 13.7. The number of aliphatic imine (C=N–C) groups is 1. The zero-order valence-corrected chi connectivity index (χ0v) is 16.5. The SMILES string of the molecule is CCNC(=NCCS(=O)(=O)c1ccccc1F)N1CC(C)(C)C1(C)C. The van der Waals surface area contributed by atoms with Gasteiger partial charge in [-0.3, -0.25) is 4.99 Å². The Bertz CT molecular complexity index is 757. The molecule has 1 saturated heterocycles. The maximum absolute atomic E-state index is 13.7. The van der Waals surface area contributed by atoms with Crippen LogP contribution in [0.2, 0.25) is 0 Å². The molecule has 0 unspecified atom stereocenters. The number of likely N-dealkylation sites (tertiary alicyclic amines) is 1. The second-order valence-corrected chi connectivity index (χ2v) is 9.59. The van der Waals surface area contributed by atoms with Crippen molar-refractivity contribution in [2.24, 2.45) is 10.4 Å². The van der Waals surface area contributed by atoms with Gasteiger partial charge in [0.25, 0.3) is 0 Å². The first-order valence-electron chi connectivity index (χ1n) is 8.56. The highest BCUT2D eigenvalue weighted by Gasteiger charge is 2.53. The number of rotatable bonds is 5. The molecule has 1 N–H and O–H groups in total. The first-order chi connectivity index (χ1) is 11.5. The van der Waals surface area contributed by atoms with Crippen molar-refractivity contribution in [3.05, 3.63) is 30.1 Å². The summed E-state index contributed by atoms with van der Waals surface area (Å²) < 4.78 is 38.4. The fraction of sp³-hybridized carbons (Fsp3) is 0.611. The van der Waals surface area contributed by atoms with E-state index in [4.69, 9.17) is 0 Å². The fourth-order valence-electron chi connectivity index (χ4n) is 2.87. The van der Waals surface area contributed by atoms with Gasteiger partial charge in [-0.25, -0.2) is 12.8 Å². The standard InChI is InChI=1S/C18H28FN3O2S/c1-6-20-16(22-13-17(2,3)18(22,4)5)21-11-12-25(23,24)15-10-8-7-9-14(15)19/h7-10H,6,11-13H2,1-5H3,(H,20,21). The molecule has 1 fully saturated rings. The lowest BCUT2D eigenvalue weighted by Gasteiger charge is -2.62. The number of nitrogens with zero attached hydrogens (tertiary/aromatic N) is 2. The van der Waals surface area contributed by atoms with Crippen LogP contribution in [0.25, 0.3) is 0 Å². The summed E-state index contributed by atoms with van der Waals surface area (Å²) in [6, 6.07) is 5.45. The molecule has 1 aromatic rings. The zero-order chi connectivity index (χ0) is 18.9. The summed E-state index contributed by atoms with van der Waals surface area (Å²) in [4.78, 5) is 6.36. The molecule has 0 amide bonds. The van der Waals surface area contributed by atoms with E-state index in [9.17, 15) is 12.8 Å². The van der Waals surface area contributed by atoms with E-state index in [1.165, 1.54) is 18.2 Å². The Morgan fingerprint density at radius 1 is 1.28 bits per heavy atom. The number of halogens is 1. The molecular weight excluding hydrogens is 341 g/mol. The van der Waals surface area contributed by atoms with Gasteiger partial charge in [-0.15, -0.1) is 0 Å². The number of guanidine groups is 1. The Morgan fingerprint density at radius 2 is 1.92 bits per heavy atom. The number of hydrogen-bond acceptors (Lipinski definition) is 3. The van der Waals surface area contributed by atoms with Crippen molar-refractivity contribution >= 4 is 15.8 Å². The number of sulfone groups is 1. The van der Waals surface area contributed by atoms with Crippen LogP contribution in [0, 0.1) is 11.2 Å². The molecule has 1 aromatic carbocycles. The van der Waals surface area contributed by atoms with E-state index in [0.717, 1.165) is 12.6 Å². The molecule has 1 aliphatic heterocycles. The van der Waals surface area contributed by atoms with Gasteiger partial charge in [0, 0.05) is 24.0 Å². The molecule has 25 heavy (non-hydrogen) atoms. The van der Waals surface area contributed by atoms with E-state index >= 15 is 0 Å². The smallest absolute Gasteiger partial charge is 0.194 e. The first-order valence-corrected chi connectivity index (χ1v) is 10.2. The summed E-state index contributed by atoms with van der Waals surface area (Å²) in [5, 5.41) is 3.22. The number of nitrogens with one attached hydrogen (secondary N) is 1. The molecular formula is C18H28FN3O2S. The minimum atomic E-state index is -3.70. The van der Waals surface area contributed by atoms with Gasteiger partial charge in [0.1, 0.15) is 10.7 Å². The summed E-state index contributed by atoms with van der Waals surface area (Å²) in [7, 11) is -3.70. The van der Waals surface area contributed by atoms with Crippen LogP contribution >= 0.6 is 0 Å². The van der Waals surface area contributed by atoms with Gasteiger partial charge >= 0.3 is 0 Å². The van der Waals surface area contributed by atoms with Crippen LogP contribution in [0.3, 0.4) is 0 Å². The van der Waals surface area contributed by atoms with Gasteiger partial charge in [-0.2, -0.15) is 0 Å². The minimum absolute atomic E-state index is 0.0710. The monoisotopic (exact) mass is 369 g/mol. The predicted molar refractivity (Wildman–Crippen MR) is 99.0 cm³/mol. The molecule has 0 aromatic heterocycles. The van der Waals surface area contributed by atoms with Crippen LogP contribution in [-0.2, 0) is 9.84 Å². The van der Waals surface area contributed by atoms with Gasteiger partial charge < -0.3 is 10.2 Å². The van der Waals surface area contributed by atoms with Crippen molar-refractivity contribution in [3.8, 4) is 0 Å². The second-order valence-electron chi connectivity index (χ2n) is 7.51. The maximum Gasteiger partial charge on any atom is 0.194 e. The minimum Gasteiger partial charge on any atom is -0.356 e. The van der Waals surface area contributed by atoms with E-state index in [2.05, 4.69) is 42.9 Å². The van der Waals surface area contributed by atoms with E-state index in [-0.39, 0.29) is 28.1 Å². The third kappa shape index (κ3) is 3.81. The summed E-state index contributed by atoms with van der Waals surface area (Å²) in [5.41, 5.74) is 0.0842. The van der Waals surface area contributed by atoms with Gasteiger partial charge in [0.15, 0.2) is 15.8 Å². The Kier molecular flexibility index (Phi) is 5.47. The van der Waals surface area contributed by atoms with Crippen molar-refractivity contribution in [1.29, 1.82) is 0 Å². The van der Waals surface area contributed by atoms with Crippen LogP contribution in [0.1, 0.15) is 34.6 Å². The van der Waals surface area contributed by atoms with Crippen molar-refractivity contribution < 1.29 is 12.8 Å². The lowest BCUT2D eigenvalue weighted by atomic mass is 9.65. The predicted octanol–water partition coefficient (Wildman–Crippen LogP) is 2.69. The molecule has 1 heterocycles. The highest BCUT2D eigenvalue weighted by Crippen LogP contribution is 2.46. The average Bonchev–Trinajstić information content (AvgIpc) is 2.52. The molecule has 0 bridgehead atoms. The lowest BCUT2D eigenvalue weighted by Crippen LogP contribution is -2.72. The van der Waals surface area contributed by atoms with Crippen LogP contribution in [0.15, 0.2) is 34.2 Å². The molecule has 0 atom stereocenters. The Morgan fingerprint density at radius 3 is 2.44 bits per heavy atom. The lowest BCUT2D eigenvalue weighted by molar-refractivity contribution is -0.0667. The molecule has 140 valence electrons. The van der Waals surface area contributed by atoms with Crippen molar-refractivity contribution in [1.82, 2.24) is 10.2 Å². The van der Waals surface area contributed by atoms with E-state index in [0.29, 0.717) is 12.5 Å². The summed E-state index contributed by atoms with van der Waals surface area (Å²) in [6.45, 7) is 12.3. The van der Waals surface area contributed by atoms with Crippen molar-refractivity contribution in [2.45, 2.75) is 45.1 Å². The Balaban J connectivity index is 2.12. The largest absolute Gasteiger partial charge is 0.356 e. The quantitative estimate of drug-likeness (QED) is 0.640. The Labute approximate surface area is 150 Å². The molecule has 0 spiro atoms. The summed E-state index contributed by atoms with van der Waals surface area (Å²) in [5.74, 6) is -0.236. The molecule has 1 aliphatic rings. The van der Waals surface area contributed by atoms with Crippen LogP contribution < -0.4 is 5.32 Å². The highest BCUT2D eigenvalue weighted by atomic mass is 32.2. The zero-order valence-electron chi connectivity index (χ0n) is 15.6. The molecule has 7 heteroatoms. The molecule has 0 aliphatic carbocycles. The molecule has 0 saturated carbocycles. The Hall–Kier alpha value is -1.63. The normalized spacial score (nSPS) is 19.4. The number of benzene rings is 1. The third-order valence-electron chi connectivity index (χ3n) is 5.27. The summed E-state index contributed by atoms with van der Waals surface area (Å²) >= 11 is 0. The number of hydrogen-bond donors (Lipinski definition) is 1. The third-order valence-corrected chi connectivity index (χ3v) is 6.99. The topological polar surface area (TPSA) is 61.8 Å². The van der Waals surface area contributed by atoms with Gasteiger partial charge in [0.05, 0.1) is 12.3 Å². The van der Waals surface area contributed by atoms with E-state index < -0.39 is 15.7 Å². The van der Waals surface area contributed by atoms with Crippen LogP contribution in [0.5, 0.6) is 0 Å². The van der Waals surface area contributed by atoms with E-state index in [1.54, 1.807) is 0 Å². The first kappa shape index (κ1) is 19.7. The van der Waals surface area contributed by atoms with Gasteiger partial charge in [-0.05, 0) is 32.9 Å². The van der Waals surface area contributed by atoms with Crippen molar-refractivity contribution in [3.63, 3.8) is 0 Å². The van der Waals surface area contributed by atoms with Crippen LogP contribution in [0.4, 0.5) is 4.39 Å². The molecule has 5 nitrogen and oxygen atoms in total. The molecule has 2 rings (SSSR count).